The van der Waals surface area contributed by atoms with Gasteiger partial charge in [-0.1, -0.05) is 24.1 Å². The van der Waals surface area contributed by atoms with Gasteiger partial charge in [-0.15, -0.1) is 0 Å². The van der Waals surface area contributed by atoms with Crippen LogP contribution >= 0.6 is 11.6 Å². The summed E-state index contributed by atoms with van der Waals surface area (Å²) in [5.41, 5.74) is 0.204. The Balaban J connectivity index is 1.80. The largest absolute Gasteiger partial charge is 0.322 e. The monoisotopic (exact) mass is 484 g/mol. The van der Waals surface area contributed by atoms with Crippen LogP contribution in [-0.2, 0) is 20.0 Å². The summed E-state index contributed by atoms with van der Waals surface area (Å²) in [5.74, 6) is -0.235. The van der Waals surface area contributed by atoms with Crippen molar-refractivity contribution in [3.63, 3.8) is 0 Å². The lowest BCUT2D eigenvalue weighted by atomic mass is 10.2. The third kappa shape index (κ3) is 6.03. The Kier molecular flexibility index (Phi) is 6.99. The van der Waals surface area contributed by atoms with E-state index in [-0.39, 0.29) is 26.1 Å². The third-order valence-corrected chi connectivity index (χ3v) is 7.30. The van der Waals surface area contributed by atoms with Crippen LogP contribution in [0.4, 0.5) is 5.69 Å². The number of nitrogens with zero attached hydrogens (tertiary/aromatic N) is 1. The standard InChI is InChI=1S/C19H21ClN4O5S2/c20-16-9-8-13(11-17(16)30(21,26)27)19(25)23-14-5-4-6-15(12-14)31(28,29)24-18-7-2-1-3-10-22-18/h4-6,8-9,11-12H,1-3,7,10H2,(H,22,24)(H,23,25)(H2,21,26,27). The fraction of sp³-hybridized carbons (Fsp3) is 0.263. The summed E-state index contributed by atoms with van der Waals surface area (Å²) in [6, 6.07) is 9.32. The minimum Gasteiger partial charge on any atom is -0.322 e. The lowest BCUT2D eigenvalue weighted by Gasteiger charge is -2.12. The number of aliphatic imine (C=N–C) groups is 1. The van der Waals surface area contributed by atoms with Gasteiger partial charge in [0.1, 0.15) is 10.7 Å². The average Bonchev–Trinajstić information content (AvgIpc) is 2.95. The zero-order valence-corrected chi connectivity index (χ0v) is 18.7. The Morgan fingerprint density at radius 2 is 1.81 bits per heavy atom. The first-order chi connectivity index (χ1) is 14.6. The Bertz CT molecular complexity index is 1240. The number of sulfonamides is 2. The van der Waals surface area contributed by atoms with Crippen molar-refractivity contribution in [2.75, 3.05) is 11.9 Å². The maximum atomic E-state index is 12.7. The van der Waals surface area contributed by atoms with E-state index in [1.165, 1.54) is 36.4 Å². The quantitative estimate of drug-likeness (QED) is 0.596. The van der Waals surface area contributed by atoms with Crippen molar-refractivity contribution in [1.82, 2.24) is 4.72 Å². The van der Waals surface area contributed by atoms with Crippen molar-refractivity contribution in [3.05, 3.63) is 53.1 Å². The van der Waals surface area contributed by atoms with Crippen LogP contribution in [0, 0.1) is 0 Å². The minimum atomic E-state index is -4.12. The van der Waals surface area contributed by atoms with Crippen LogP contribution in [-0.4, -0.2) is 35.1 Å². The number of hydrogen-bond donors (Lipinski definition) is 3. The van der Waals surface area contributed by atoms with Crippen LogP contribution in [0.3, 0.4) is 0 Å². The van der Waals surface area contributed by atoms with Gasteiger partial charge >= 0.3 is 0 Å². The molecule has 1 amide bonds. The second-order valence-corrected chi connectivity index (χ2v) is 10.5. The van der Waals surface area contributed by atoms with E-state index in [0.717, 1.165) is 25.3 Å². The van der Waals surface area contributed by atoms with E-state index in [4.69, 9.17) is 16.7 Å². The summed E-state index contributed by atoms with van der Waals surface area (Å²) in [4.78, 5) is 16.4. The molecule has 31 heavy (non-hydrogen) atoms. The molecule has 12 heteroatoms. The molecule has 0 fully saturated rings. The van der Waals surface area contributed by atoms with Gasteiger partial charge in [0, 0.05) is 24.2 Å². The highest BCUT2D eigenvalue weighted by Crippen LogP contribution is 2.23. The summed E-state index contributed by atoms with van der Waals surface area (Å²) in [5, 5.41) is 7.54. The van der Waals surface area contributed by atoms with E-state index in [9.17, 15) is 21.6 Å². The smallest absolute Gasteiger partial charge is 0.262 e. The Labute approximate surface area is 185 Å². The van der Waals surface area contributed by atoms with Crippen LogP contribution in [0.15, 0.2) is 57.2 Å². The van der Waals surface area contributed by atoms with Crippen molar-refractivity contribution in [2.24, 2.45) is 10.1 Å². The molecule has 0 aliphatic carbocycles. The summed E-state index contributed by atoms with van der Waals surface area (Å²) in [6.45, 7) is 0.579. The molecule has 9 nitrogen and oxygen atoms in total. The lowest BCUT2D eigenvalue weighted by Crippen LogP contribution is -2.30. The van der Waals surface area contributed by atoms with Gasteiger partial charge in [0.15, 0.2) is 0 Å². The first-order valence-corrected chi connectivity index (χ1v) is 12.8. The minimum absolute atomic E-state index is 0.00683. The predicted molar refractivity (Wildman–Crippen MR) is 118 cm³/mol. The molecule has 2 aromatic rings. The molecular weight excluding hydrogens is 464 g/mol. The molecule has 1 aliphatic heterocycles. The Morgan fingerprint density at radius 1 is 1.03 bits per heavy atom. The number of carbonyl (C=O) groups excluding carboxylic acids is 1. The highest BCUT2D eigenvalue weighted by molar-refractivity contribution is 7.90. The first-order valence-electron chi connectivity index (χ1n) is 9.36. The molecule has 4 N–H and O–H groups in total. The van der Waals surface area contributed by atoms with Crippen LogP contribution in [0.1, 0.15) is 36.0 Å². The second kappa shape index (κ2) is 9.35. The highest BCUT2D eigenvalue weighted by Gasteiger charge is 2.19. The highest BCUT2D eigenvalue weighted by atomic mass is 35.5. The van der Waals surface area contributed by atoms with Crippen molar-refractivity contribution in [2.45, 2.75) is 35.5 Å². The SMILES string of the molecule is NS(=O)(=O)c1cc(C(=O)Nc2cccc(S(=O)(=O)NC3=NCCCCC3)c2)ccc1Cl. The second-order valence-electron chi connectivity index (χ2n) is 6.92. The molecule has 0 unspecified atom stereocenters. The average molecular weight is 485 g/mol. The van der Waals surface area contributed by atoms with Crippen molar-refractivity contribution < 1.29 is 21.6 Å². The van der Waals surface area contributed by atoms with Gasteiger partial charge in [0.2, 0.25) is 10.0 Å². The molecule has 0 aromatic heterocycles. The van der Waals surface area contributed by atoms with E-state index in [1.807, 2.05) is 0 Å². The van der Waals surface area contributed by atoms with Crippen LogP contribution < -0.4 is 15.2 Å². The first kappa shape index (κ1) is 23.2. The van der Waals surface area contributed by atoms with E-state index in [2.05, 4.69) is 15.0 Å². The normalized spacial score (nSPS) is 15.0. The number of amidine groups is 1. The van der Waals surface area contributed by atoms with Crippen molar-refractivity contribution in [3.8, 4) is 0 Å². The summed E-state index contributed by atoms with van der Waals surface area (Å²) < 4.78 is 51.1. The summed E-state index contributed by atoms with van der Waals surface area (Å²) >= 11 is 5.83. The number of halogens is 1. The summed E-state index contributed by atoms with van der Waals surface area (Å²) in [6.07, 6.45) is 3.33. The zero-order valence-electron chi connectivity index (χ0n) is 16.3. The fourth-order valence-electron chi connectivity index (χ4n) is 2.98. The number of primary sulfonamides is 1. The van der Waals surface area contributed by atoms with Gasteiger partial charge < -0.3 is 5.32 Å². The van der Waals surface area contributed by atoms with E-state index in [0.29, 0.717) is 18.8 Å². The lowest BCUT2D eigenvalue weighted by molar-refractivity contribution is 0.102. The van der Waals surface area contributed by atoms with Gasteiger partial charge in [0.05, 0.1) is 9.92 Å². The molecule has 3 rings (SSSR count). The molecule has 1 heterocycles. The molecule has 0 spiro atoms. The predicted octanol–water partition coefficient (Wildman–Crippen LogP) is 2.49. The molecule has 0 bridgehead atoms. The number of amides is 1. The maximum Gasteiger partial charge on any atom is 0.262 e. The number of rotatable bonds is 5. The van der Waals surface area contributed by atoms with E-state index in [1.54, 1.807) is 0 Å². The van der Waals surface area contributed by atoms with Crippen LogP contribution in [0.25, 0.3) is 0 Å². The molecule has 1 aliphatic rings. The fourth-order valence-corrected chi connectivity index (χ4v) is 5.18. The Hall–Kier alpha value is -2.47. The summed E-state index contributed by atoms with van der Waals surface area (Å²) in [7, 11) is -7.99. The number of nitrogens with two attached hydrogens (primary N) is 1. The van der Waals surface area contributed by atoms with Gasteiger partial charge in [0.25, 0.3) is 15.9 Å². The third-order valence-electron chi connectivity index (χ3n) is 4.53. The topological polar surface area (TPSA) is 148 Å². The van der Waals surface area contributed by atoms with Crippen molar-refractivity contribution in [1.29, 1.82) is 0 Å². The molecule has 0 atom stereocenters. The van der Waals surface area contributed by atoms with Gasteiger partial charge in [-0.25, -0.2) is 22.0 Å². The molecule has 0 saturated heterocycles. The molecule has 166 valence electrons. The van der Waals surface area contributed by atoms with Crippen LogP contribution in [0.2, 0.25) is 5.02 Å². The molecule has 0 saturated carbocycles. The number of anilines is 1. The number of benzene rings is 2. The van der Waals surface area contributed by atoms with Crippen LogP contribution in [0.5, 0.6) is 0 Å². The maximum absolute atomic E-state index is 12.7. The zero-order chi connectivity index (χ0) is 22.6. The molecular formula is C19H21ClN4O5S2. The van der Waals surface area contributed by atoms with Gasteiger partial charge in [-0.05, 0) is 49.2 Å². The van der Waals surface area contributed by atoms with Gasteiger partial charge in [-0.2, -0.15) is 0 Å². The molecule has 2 aromatic carbocycles. The van der Waals surface area contributed by atoms with Gasteiger partial charge in [-0.3, -0.25) is 14.5 Å². The number of hydrogen-bond acceptors (Lipinski definition) is 6. The van der Waals surface area contributed by atoms with E-state index >= 15 is 0 Å². The van der Waals surface area contributed by atoms with E-state index < -0.39 is 26.0 Å². The number of carbonyl (C=O) groups is 1. The Morgan fingerprint density at radius 3 is 2.55 bits per heavy atom. The van der Waals surface area contributed by atoms with Crippen molar-refractivity contribution >= 4 is 49.1 Å². The number of nitrogens with one attached hydrogen (secondary N) is 2. The molecule has 0 radical (unpaired) electrons.